The van der Waals surface area contributed by atoms with Crippen LogP contribution >= 0.6 is 11.8 Å². The lowest BCUT2D eigenvalue weighted by atomic mass is 9.90. The minimum atomic E-state index is -0.115. The van der Waals surface area contributed by atoms with Gasteiger partial charge in [-0.15, -0.1) is 11.8 Å². The minimum absolute atomic E-state index is 0.115. The Kier molecular flexibility index (Phi) is 3.79. The van der Waals surface area contributed by atoms with Crippen LogP contribution in [-0.4, -0.2) is 12.9 Å². The minimum Gasteiger partial charge on any atom is -0.496 e. The SMILES string of the molecule is COc1cccc2c1CCC(=O)C2Sc1ccccc1. The molecule has 1 aliphatic carbocycles. The van der Waals surface area contributed by atoms with Gasteiger partial charge in [0.25, 0.3) is 0 Å². The van der Waals surface area contributed by atoms with Gasteiger partial charge >= 0.3 is 0 Å². The van der Waals surface area contributed by atoms with Gasteiger partial charge in [0, 0.05) is 11.3 Å². The summed E-state index contributed by atoms with van der Waals surface area (Å²) in [5.41, 5.74) is 2.29. The maximum Gasteiger partial charge on any atom is 0.150 e. The number of Topliss-reactive ketones (excluding diaryl/α,β-unsaturated/α-hetero) is 1. The first-order valence-electron chi connectivity index (χ1n) is 6.70. The van der Waals surface area contributed by atoms with Crippen LogP contribution < -0.4 is 4.74 Å². The van der Waals surface area contributed by atoms with Crippen molar-refractivity contribution in [3.63, 3.8) is 0 Å². The van der Waals surface area contributed by atoms with E-state index in [1.54, 1.807) is 18.9 Å². The molecule has 0 heterocycles. The van der Waals surface area contributed by atoms with Gasteiger partial charge in [-0.05, 0) is 35.7 Å². The van der Waals surface area contributed by atoms with Crippen molar-refractivity contribution in [2.45, 2.75) is 23.0 Å². The van der Waals surface area contributed by atoms with Gasteiger partial charge in [-0.3, -0.25) is 4.79 Å². The average molecular weight is 284 g/mol. The summed E-state index contributed by atoms with van der Waals surface area (Å²) in [6, 6.07) is 16.1. The van der Waals surface area contributed by atoms with E-state index in [0.29, 0.717) is 12.2 Å². The molecule has 0 saturated heterocycles. The van der Waals surface area contributed by atoms with E-state index in [0.717, 1.165) is 22.6 Å². The van der Waals surface area contributed by atoms with Crippen molar-refractivity contribution >= 4 is 17.5 Å². The van der Waals surface area contributed by atoms with E-state index in [4.69, 9.17) is 4.74 Å². The van der Waals surface area contributed by atoms with E-state index in [1.165, 1.54) is 5.56 Å². The summed E-state index contributed by atoms with van der Waals surface area (Å²) in [6.45, 7) is 0. The van der Waals surface area contributed by atoms with Crippen LogP contribution in [0, 0.1) is 0 Å². The molecule has 0 N–H and O–H groups in total. The molecule has 0 aromatic heterocycles. The molecule has 0 bridgehead atoms. The highest BCUT2D eigenvalue weighted by atomic mass is 32.2. The van der Waals surface area contributed by atoms with Gasteiger partial charge in [0.1, 0.15) is 5.75 Å². The Balaban J connectivity index is 1.98. The number of carbonyl (C=O) groups excluding carboxylic acids is 1. The summed E-state index contributed by atoms with van der Waals surface area (Å²) in [5, 5.41) is -0.115. The molecule has 1 atom stereocenters. The molecule has 2 nitrogen and oxygen atoms in total. The highest BCUT2D eigenvalue weighted by Gasteiger charge is 2.30. The fourth-order valence-corrected chi connectivity index (χ4v) is 3.79. The Morgan fingerprint density at radius 2 is 1.85 bits per heavy atom. The lowest BCUT2D eigenvalue weighted by molar-refractivity contribution is -0.119. The summed E-state index contributed by atoms with van der Waals surface area (Å²) in [7, 11) is 1.69. The van der Waals surface area contributed by atoms with Crippen LogP contribution in [0.1, 0.15) is 22.8 Å². The third-order valence-electron chi connectivity index (χ3n) is 3.58. The van der Waals surface area contributed by atoms with Crippen LogP contribution in [0.2, 0.25) is 0 Å². The molecule has 0 spiro atoms. The second-order valence-corrected chi connectivity index (χ2v) is 5.98. The van der Waals surface area contributed by atoms with Crippen LogP contribution in [0.3, 0.4) is 0 Å². The monoisotopic (exact) mass is 284 g/mol. The van der Waals surface area contributed by atoms with Gasteiger partial charge in [0.05, 0.1) is 12.4 Å². The summed E-state index contributed by atoms with van der Waals surface area (Å²) in [5.74, 6) is 1.20. The lowest BCUT2D eigenvalue weighted by Gasteiger charge is -2.25. The van der Waals surface area contributed by atoms with E-state index in [9.17, 15) is 4.79 Å². The van der Waals surface area contributed by atoms with Crippen molar-refractivity contribution in [2.75, 3.05) is 7.11 Å². The van der Waals surface area contributed by atoms with E-state index < -0.39 is 0 Å². The molecule has 0 fully saturated rings. The molecule has 2 aromatic rings. The van der Waals surface area contributed by atoms with Crippen molar-refractivity contribution in [3.8, 4) is 5.75 Å². The molecule has 0 aliphatic heterocycles. The number of ketones is 1. The van der Waals surface area contributed by atoms with Gasteiger partial charge in [-0.1, -0.05) is 30.3 Å². The molecule has 0 amide bonds. The molecular weight excluding hydrogens is 268 g/mol. The first-order chi connectivity index (χ1) is 9.79. The first-order valence-corrected chi connectivity index (χ1v) is 7.58. The summed E-state index contributed by atoms with van der Waals surface area (Å²) in [4.78, 5) is 13.4. The van der Waals surface area contributed by atoms with Crippen LogP contribution in [0.5, 0.6) is 5.75 Å². The van der Waals surface area contributed by atoms with Crippen molar-refractivity contribution in [3.05, 3.63) is 59.7 Å². The third-order valence-corrected chi connectivity index (χ3v) is 4.88. The number of fused-ring (bicyclic) bond motifs is 1. The van der Waals surface area contributed by atoms with Crippen LogP contribution in [0.15, 0.2) is 53.4 Å². The second-order valence-electron chi connectivity index (χ2n) is 4.81. The largest absolute Gasteiger partial charge is 0.496 e. The zero-order valence-corrected chi connectivity index (χ0v) is 12.2. The van der Waals surface area contributed by atoms with Crippen LogP contribution in [-0.2, 0) is 11.2 Å². The Labute approximate surface area is 123 Å². The van der Waals surface area contributed by atoms with E-state index >= 15 is 0 Å². The smallest absolute Gasteiger partial charge is 0.150 e. The fraction of sp³-hybridized carbons (Fsp3) is 0.235. The van der Waals surface area contributed by atoms with Crippen molar-refractivity contribution < 1.29 is 9.53 Å². The summed E-state index contributed by atoms with van der Waals surface area (Å²) < 4.78 is 5.43. The number of hydrogen-bond acceptors (Lipinski definition) is 3. The Hall–Kier alpha value is -1.74. The summed E-state index contributed by atoms with van der Waals surface area (Å²) in [6.07, 6.45) is 1.38. The van der Waals surface area contributed by atoms with Crippen molar-refractivity contribution in [1.29, 1.82) is 0 Å². The Morgan fingerprint density at radius 3 is 2.60 bits per heavy atom. The number of rotatable bonds is 3. The van der Waals surface area contributed by atoms with Gasteiger partial charge in [-0.2, -0.15) is 0 Å². The number of hydrogen-bond donors (Lipinski definition) is 0. The van der Waals surface area contributed by atoms with E-state index in [2.05, 4.69) is 6.07 Å². The predicted molar refractivity (Wildman–Crippen MR) is 81.4 cm³/mol. The quantitative estimate of drug-likeness (QED) is 0.850. The van der Waals surface area contributed by atoms with Crippen LogP contribution in [0.4, 0.5) is 0 Å². The maximum absolute atomic E-state index is 12.3. The van der Waals surface area contributed by atoms with Gasteiger partial charge < -0.3 is 4.74 Å². The standard InChI is InChI=1S/C17H16O2S/c1-19-16-9-5-8-14-13(16)10-11-15(18)17(14)20-12-6-3-2-4-7-12/h2-9,17H,10-11H2,1H3. The topological polar surface area (TPSA) is 26.3 Å². The molecule has 102 valence electrons. The third kappa shape index (κ3) is 2.46. The average Bonchev–Trinajstić information content (AvgIpc) is 2.50. The molecule has 3 rings (SSSR count). The first kappa shape index (κ1) is 13.3. The zero-order valence-electron chi connectivity index (χ0n) is 11.3. The zero-order chi connectivity index (χ0) is 13.9. The molecule has 20 heavy (non-hydrogen) atoms. The maximum atomic E-state index is 12.3. The number of carbonyl (C=O) groups is 1. The van der Waals surface area contributed by atoms with Crippen molar-refractivity contribution in [1.82, 2.24) is 0 Å². The molecule has 0 saturated carbocycles. The van der Waals surface area contributed by atoms with Crippen LogP contribution in [0.25, 0.3) is 0 Å². The predicted octanol–water partition coefficient (Wildman–Crippen LogP) is 4.04. The number of methoxy groups -OCH3 is 1. The Morgan fingerprint density at radius 1 is 1.05 bits per heavy atom. The molecule has 3 heteroatoms. The Bertz CT molecular complexity index is 622. The molecule has 0 radical (unpaired) electrons. The summed E-state index contributed by atoms with van der Waals surface area (Å²) >= 11 is 1.63. The molecule has 1 aliphatic rings. The van der Waals surface area contributed by atoms with E-state index in [1.807, 2.05) is 42.5 Å². The molecule has 2 aromatic carbocycles. The van der Waals surface area contributed by atoms with Gasteiger partial charge in [-0.25, -0.2) is 0 Å². The number of thioether (sulfide) groups is 1. The molecule has 1 unspecified atom stereocenters. The fourth-order valence-electron chi connectivity index (χ4n) is 2.60. The second kappa shape index (κ2) is 5.71. The normalized spacial score (nSPS) is 17.6. The van der Waals surface area contributed by atoms with E-state index in [-0.39, 0.29) is 5.25 Å². The van der Waals surface area contributed by atoms with Gasteiger partial charge in [0.15, 0.2) is 5.78 Å². The number of ether oxygens (including phenoxy) is 1. The number of benzene rings is 2. The van der Waals surface area contributed by atoms with Crippen molar-refractivity contribution in [2.24, 2.45) is 0 Å². The highest BCUT2D eigenvalue weighted by molar-refractivity contribution is 8.00. The molecular formula is C17H16O2S. The highest BCUT2D eigenvalue weighted by Crippen LogP contribution is 2.43. The lowest BCUT2D eigenvalue weighted by Crippen LogP contribution is -2.18. The van der Waals surface area contributed by atoms with Gasteiger partial charge in [0.2, 0.25) is 0 Å².